The van der Waals surface area contributed by atoms with Gasteiger partial charge in [-0.2, -0.15) is 0 Å². The van der Waals surface area contributed by atoms with Crippen molar-refractivity contribution in [2.45, 2.75) is 133 Å². The van der Waals surface area contributed by atoms with E-state index in [9.17, 15) is 0 Å². The Morgan fingerprint density at radius 2 is 0.517 bits per heavy atom. The average molecular weight is 579 g/mol. The summed E-state index contributed by atoms with van der Waals surface area (Å²) in [6.45, 7) is 42.9. The zero-order valence-electron chi connectivity index (χ0n) is 23.1. The molecule has 29 heavy (non-hydrogen) atoms. The van der Waals surface area contributed by atoms with Crippen molar-refractivity contribution in [1.29, 1.82) is 0 Å². The van der Waals surface area contributed by atoms with Crippen molar-refractivity contribution in [3.05, 3.63) is 0 Å². The van der Waals surface area contributed by atoms with Gasteiger partial charge in [-0.15, -0.1) is 0 Å². The Kier molecular flexibility index (Phi) is 10.4. The Morgan fingerprint density at radius 1 is 0.379 bits per heavy atom. The van der Waals surface area contributed by atoms with Crippen molar-refractivity contribution in [2.75, 3.05) is 26.2 Å². The summed E-state index contributed by atoms with van der Waals surface area (Å²) in [6, 6.07) is 0. The molecule has 0 heterocycles. The third kappa shape index (κ3) is 6.37. The summed E-state index contributed by atoms with van der Waals surface area (Å²) in [5, 5.41) is 0. The third-order valence-corrected chi connectivity index (χ3v) is 30.5. The molecule has 4 nitrogen and oxygen atoms in total. The van der Waals surface area contributed by atoms with E-state index in [1.54, 1.807) is 0 Å². The van der Waals surface area contributed by atoms with Crippen molar-refractivity contribution in [3.8, 4) is 0 Å². The molecule has 0 aliphatic heterocycles. The number of hydrogen-bond donors (Lipinski definition) is 0. The van der Waals surface area contributed by atoms with Crippen LogP contribution in [-0.2, 0) is 21.1 Å². The first-order chi connectivity index (χ1) is 12.8. The molecular weight excluding hydrogens is 523 g/mol. The molecule has 0 radical (unpaired) electrons. The molecule has 0 saturated heterocycles. The van der Waals surface area contributed by atoms with Gasteiger partial charge < -0.3 is 0 Å². The molecule has 5 heteroatoms. The normalized spacial score (nSPS) is 15.3. The van der Waals surface area contributed by atoms with Crippen LogP contribution in [-0.4, -0.2) is 59.9 Å². The van der Waals surface area contributed by atoms with E-state index in [2.05, 4.69) is 122 Å². The van der Waals surface area contributed by atoms with Gasteiger partial charge in [0.2, 0.25) is 0 Å². The van der Waals surface area contributed by atoms with Crippen LogP contribution in [0.15, 0.2) is 0 Å². The molecule has 0 aromatic rings. The predicted octanol–water partition coefficient (Wildman–Crippen LogP) is 6.28. The van der Waals surface area contributed by atoms with E-state index in [0.717, 1.165) is 26.2 Å². The minimum atomic E-state index is -3.82. The van der Waals surface area contributed by atoms with Gasteiger partial charge in [-0.1, -0.05) is 0 Å². The van der Waals surface area contributed by atoms with Crippen LogP contribution in [0.3, 0.4) is 0 Å². The zero-order chi connectivity index (χ0) is 23.6. The summed E-state index contributed by atoms with van der Waals surface area (Å²) in [7, 11) is 0. The molecule has 0 amide bonds. The van der Waals surface area contributed by atoms with E-state index in [1.165, 1.54) is 0 Å². The second-order valence-corrected chi connectivity index (χ2v) is 24.3. The first-order valence-electron chi connectivity index (χ1n) is 11.9. The summed E-state index contributed by atoms with van der Waals surface area (Å²) in [4.78, 5) is 0. The van der Waals surface area contributed by atoms with E-state index in [-0.39, 0.29) is 22.2 Å². The summed E-state index contributed by atoms with van der Waals surface area (Å²) < 4.78 is 11.8. The van der Waals surface area contributed by atoms with Crippen molar-refractivity contribution < 1.29 is 21.1 Å². The topological polar surface area (TPSA) is 13.0 Å². The van der Waals surface area contributed by atoms with E-state index in [0.29, 0.717) is 0 Å². The van der Waals surface area contributed by atoms with Gasteiger partial charge >= 0.3 is 192 Å². The first kappa shape index (κ1) is 29.7. The van der Waals surface area contributed by atoms with Crippen LogP contribution in [0.2, 0.25) is 0 Å². The fourth-order valence-corrected chi connectivity index (χ4v) is 30.7. The van der Waals surface area contributed by atoms with Gasteiger partial charge in [-0.25, -0.2) is 0 Å². The van der Waals surface area contributed by atoms with Gasteiger partial charge in [0.25, 0.3) is 0 Å². The number of hydrogen-bond acceptors (Lipinski definition) is 4. The molecule has 0 fully saturated rings. The molecule has 0 atom stereocenters. The van der Waals surface area contributed by atoms with Gasteiger partial charge in [0.15, 0.2) is 0 Å². The van der Waals surface area contributed by atoms with E-state index >= 15 is 0 Å². The first-order valence-corrected chi connectivity index (χ1v) is 18.3. The molecule has 0 N–H and O–H groups in total. The fourth-order valence-electron chi connectivity index (χ4n) is 5.42. The SMILES string of the molecule is CC[N](C(C)(C)C)[Hf]([N](CC)C(C)(C)C)([N](CC)C(C)(C)C)[N](CC)C(C)(C)C. The Hall–Kier alpha value is 0.710. The second-order valence-electron chi connectivity index (χ2n) is 12.3. The quantitative estimate of drug-likeness (QED) is 0.314. The molecule has 176 valence electrons. The van der Waals surface area contributed by atoms with Crippen LogP contribution in [0.1, 0.15) is 111 Å². The van der Waals surface area contributed by atoms with E-state index in [4.69, 9.17) is 0 Å². The molecule has 0 aliphatic carbocycles. The molecule has 0 rings (SSSR count). The van der Waals surface area contributed by atoms with Crippen LogP contribution in [0, 0.1) is 0 Å². The number of nitrogens with zero attached hydrogens (tertiary/aromatic N) is 4. The van der Waals surface area contributed by atoms with Crippen molar-refractivity contribution in [1.82, 2.24) is 11.6 Å². The molecule has 0 spiro atoms. The third-order valence-electron chi connectivity index (χ3n) is 5.95. The van der Waals surface area contributed by atoms with Crippen molar-refractivity contribution in [2.24, 2.45) is 0 Å². The summed E-state index contributed by atoms with van der Waals surface area (Å²) in [6.07, 6.45) is 0. The summed E-state index contributed by atoms with van der Waals surface area (Å²) in [5.74, 6) is 0. The Morgan fingerprint density at radius 3 is 0.586 bits per heavy atom. The maximum absolute atomic E-state index is 3.82. The van der Waals surface area contributed by atoms with Crippen LogP contribution in [0.5, 0.6) is 0 Å². The van der Waals surface area contributed by atoms with E-state index < -0.39 is 21.1 Å². The fraction of sp³-hybridized carbons (Fsp3) is 1.00. The predicted molar refractivity (Wildman–Crippen MR) is 129 cm³/mol. The molecule has 0 aromatic carbocycles. The van der Waals surface area contributed by atoms with E-state index in [1.807, 2.05) is 0 Å². The van der Waals surface area contributed by atoms with Gasteiger partial charge in [-0.05, 0) is 0 Å². The van der Waals surface area contributed by atoms with Gasteiger partial charge in [0, 0.05) is 0 Å². The van der Waals surface area contributed by atoms with Crippen LogP contribution in [0.4, 0.5) is 0 Å². The Labute approximate surface area is 191 Å². The van der Waals surface area contributed by atoms with Crippen molar-refractivity contribution in [3.63, 3.8) is 0 Å². The molecule has 0 saturated carbocycles. The molecule has 0 unspecified atom stereocenters. The average Bonchev–Trinajstić information content (AvgIpc) is 2.43. The zero-order valence-corrected chi connectivity index (χ0v) is 26.7. The summed E-state index contributed by atoms with van der Waals surface area (Å²) >= 11 is -3.82. The minimum absolute atomic E-state index is 0.103. The molecule has 0 aromatic heterocycles. The van der Waals surface area contributed by atoms with Crippen LogP contribution < -0.4 is 0 Å². The van der Waals surface area contributed by atoms with Gasteiger partial charge in [0.1, 0.15) is 0 Å². The Balaban J connectivity index is 7.69. The van der Waals surface area contributed by atoms with Gasteiger partial charge in [0.05, 0.1) is 0 Å². The number of rotatable bonds is 8. The second kappa shape index (κ2) is 10.1. The standard InChI is InChI=1S/4C6H14N.Hf/c4*1-5-7-6(2,3)4;/h4*5H2,1-4H3;/q4*-1;+4. The Bertz CT molecular complexity index is 397. The molecule has 0 aliphatic rings. The van der Waals surface area contributed by atoms with Gasteiger partial charge in [-0.3, -0.25) is 0 Å². The van der Waals surface area contributed by atoms with Crippen LogP contribution >= 0.6 is 0 Å². The van der Waals surface area contributed by atoms with Crippen LogP contribution in [0.25, 0.3) is 0 Å². The van der Waals surface area contributed by atoms with Crippen molar-refractivity contribution >= 4 is 0 Å². The molecular formula is C24H56HfN4. The summed E-state index contributed by atoms with van der Waals surface area (Å²) in [5.41, 5.74) is 0.414. The monoisotopic (exact) mass is 580 g/mol. The molecule has 0 bridgehead atoms. The maximum atomic E-state index is 2.96.